The van der Waals surface area contributed by atoms with E-state index in [1.165, 1.54) is 6.92 Å². The van der Waals surface area contributed by atoms with E-state index in [-0.39, 0.29) is 23.3 Å². The van der Waals surface area contributed by atoms with Crippen LogP contribution < -0.4 is 4.74 Å². The zero-order valence-electron chi connectivity index (χ0n) is 20.5. The first kappa shape index (κ1) is 24.8. The number of aliphatic carboxylic acids is 1. The Labute approximate surface area is 203 Å². The van der Waals surface area contributed by atoms with E-state index in [4.69, 9.17) is 14.0 Å². The van der Waals surface area contributed by atoms with Crippen molar-refractivity contribution < 1.29 is 33.1 Å². The van der Waals surface area contributed by atoms with Crippen LogP contribution >= 0.6 is 0 Å². The number of halogens is 1. The Kier molecular flexibility index (Phi) is 6.87. The van der Waals surface area contributed by atoms with Crippen molar-refractivity contribution in [3.8, 4) is 5.88 Å². The predicted octanol–water partition coefficient (Wildman–Crippen LogP) is 5.14. The first-order valence-electron chi connectivity index (χ1n) is 11.9. The van der Waals surface area contributed by atoms with Gasteiger partial charge in [0.15, 0.2) is 5.76 Å². The molecule has 2 aliphatic heterocycles. The fourth-order valence-corrected chi connectivity index (χ4v) is 4.80. The number of nitrogens with zero attached hydrogens (tertiary/aromatic N) is 2. The molecular formula is C26H31FN2O6. The Balaban J connectivity index is 1.44. The summed E-state index contributed by atoms with van der Waals surface area (Å²) in [6.07, 6.45) is 2.74. The van der Waals surface area contributed by atoms with Crippen LogP contribution in [0.4, 0.5) is 9.18 Å². The molecule has 2 bridgehead atoms. The highest BCUT2D eigenvalue weighted by atomic mass is 19.1. The van der Waals surface area contributed by atoms with Crippen molar-refractivity contribution in [1.82, 2.24) is 10.1 Å². The van der Waals surface area contributed by atoms with Gasteiger partial charge in [-0.15, -0.1) is 0 Å². The molecule has 0 saturated carbocycles. The average Bonchev–Trinajstić information content (AvgIpc) is 3.27. The van der Waals surface area contributed by atoms with E-state index >= 15 is 0 Å². The van der Waals surface area contributed by atoms with Crippen LogP contribution in [0, 0.1) is 12.7 Å². The van der Waals surface area contributed by atoms with Crippen LogP contribution in [0.25, 0.3) is 5.57 Å². The van der Waals surface area contributed by atoms with Crippen molar-refractivity contribution in [1.29, 1.82) is 0 Å². The van der Waals surface area contributed by atoms with E-state index < -0.39 is 29.5 Å². The minimum absolute atomic E-state index is 0.0784. The third-order valence-electron chi connectivity index (χ3n) is 6.35. The second-order valence-corrected chi connectivity index (χ2v) is 10.0. The largest absolute Gasteiger partial charge is 0.478 e. The highest BCUT2D eigenvalue weighted by molar-refractivity contribution is 5.99. The number of aromatic nitrogens is 1. The summed E-state index contributed by atoms with van der Waals surface area (Å²) >= 11 is 0. The first-order chi connectivity index (χ1) is 16.5. The molecule has 1 N–H and O–H groups in total. The number of aryl methyl sites for hydroxylation is 2. The SMILES string of the molecule is Cc1onc(OCCCc2ccc(C3=C(C(=O)O)C4CC[C@@H](C3)N4C(=O)OC(C)(C)C)cc2)c1F. The molecule has 0 radical (unpaired) electrons. The number of carboxylic acids is 1. The molecule has 2 aliphatic rings. The molecule has 1 saturated heterocycles. The van der Waals surface area contributed by atoms with Gasteiger partial charge in [0.2, 0.25) is 5.82 Å². The Morgan fingerprint density at radius 3 is 2.54 bits per heavy atom. The molecule has 188 valence electrons. The molecule has 8 nitrogen and oxygen atoms in total. The number of benzene rings is 1. The molecule has 1 aromatic heterocycles. The maximum Gasteiger partial charge on any atom is 0.411 e. The predicted molar refractivity (Wildman–Crippen MR) is 126 cm³/mol. The van der Waals surface area contributed by atoms with Crippen LogP contribution in [0.1, 0.15) is 63.3 Å². The first-order valence-corrected chi connectivity index (χ1v) is 11.9. The van der Waals surface area contributed by atoms with Gasteiger partial charge < -0.3 is 19.1 Å². The molecule has 1 unspecified atom stereocenters. The van der Waals surface area contributed by atoms with Crippen molar-refractivity contribution in [2.75, 3.05) is 6.61 Å². The lowest BCUT2D eigenvalue weighted by Crippen LogP contribution is -2.48. The van der Waals surface area contributed by atoms with E-state index in [1.807, 2.05) is 24.3 Å². The summed E-state index contributed by atoms with van der Waals surface area (Å²) in [5.41, 5.74) is 2.31. The van der Waals surface area contributed by atoms with E-state index in [0.717, 1.165) is 23.1 Å². The number of amides is 1. The quantitative estimate of drug-likeness (QED) is 0.541. The van der Waals surface area contributed by atoms with E-state index in [1.54, 1.807) is 25.7 Å². The minimum Gasteiger partial charge on any atom is -0.478 e. The smallest absolute Gasteiger partial charge is 0.411 e. The molecule has 2 atom stereocenters. The summed E-state index contributed by atoms with van der Waals surface area (Å²) in [7, 11) is 0. The lowest BCUT2D eigenvalue weighted by molar-refractivity contribution is -0.133. The molecule has 35 heavy (non-hydrogen) atoms. The monoisotopic (exact) mass is 486 g/mol. The van der Waals surface area contributed by atoms with Gasteiger partial charge in [0.1, 0.15) is 5.60 Å². The van der Waals surface area contributed by atoms with Crippen LogP contribution in [0.15, 0.2) is 34.4 Å². The number of hydrogen-bond acceptors (Lipinski definition) is 6. The van der Waals surface area contributed by atoms with Crippen molar-refractivity contribution >= 4 is 17.6 Å². The molecule has 0 aliphatic carbocycles. The minimum atomic E-state index is -1.00. The molecule has 1 aromatic carbocycles. The average molecular weight is 487 g/mol. The zero-order chi connectivity index (χ0) is 25.3. The normalized spacial score (nSPS) is 19.7. The molecule has 1 amide bonds. The van der Waals surface area contributed by atoms with Gasteiger partial charge in [0, 0.05) is 6.04 Å². The summed E-state index contributed by atoms with van der Waals surface area (Å²) in [6, 6.07) is 7.21. The summed E-state index contributed by atoms with van der Waals surface area (Å²) in [6.45, 7) is 7.18. The van der Waals surface area contributed by atoms with E-state index in [2.05, 4.69) is 5.16 Å². The molecular weight excluding hydrogens is 455 g/mol. The zero-order valence-corrected chi connectivity index (χ0v) is 20.5. The lowest BCUT2D eigenvalue weighted by Gasteiger charge is -2.37. The number of carboxylic acid groups (broad SMARTS) is 1. The van der Waals surface area contributed by atoms with Crippen molar-refractivity contribution in [3.05, 3.63) is 52.5 Å². The van der Waals surface area contributed by atoms with Gasteiger partial charge >= 0.3 is 12.1 Å². The standard InChI is InChI=1S/C26H31FN2O6/c1-15-22(27)23(28-35-15)33-13-5-6-16-7-9-17(10-8-16)19-14-18-11-12-20(21(19)24(30)31)29(18)25(32)34-26(2,3)4/h7-10,18,20H,5-6,11-14H2,1-4H3,(H,30,31)/t18-,20?/m0/s1. The van der Waals surface area contributed by atoms with Gasteiger partial charge in [-0.1, -0.05) is 24.3 Å². The van der Waals surface area contributed by atoms with Crippen molar-refractivity contribution in [2.45, 2.75) is 77.5 Å². The summed E-state index contributed by atoms with van der Waals surface area (Å²) in [5, 5.41) is 13.6. The molecule has 0 spiro atoms. The second-order valence-electron chi connectivity index (χ2n) is 10.0. The van der Waals surface area contributed by atoms with Crippen LogP contribution in [0.5, 0.6) is 5.88 Å². The van der Waals surface area contributed by atoms with Crippen LogP contribution in [0.2, 0.25) is 0 Å². The second kappa shape index (κ2) is 9.71. The number of ether oxygens (including phenoxy) is 2. The number of carbonyl (C=O) groups excluding carboxylic acids is 1. The number of hydrogen-bond donors (Lipinski definition) is 1. The molecule has 1 fully saturated rings. The highest BCUT2D eigenvalue weighted by Crippen LogP contribution is 2.43. The Bertz CT molecular complexity index is 1130. The number of carbonyl (C=O) groups is 2. The molecule has 3 heterocycles. The van der Waals surface area contributed by atoms with Crippen LogP contribution in [-0.4, -0.2) is 51.5 Å². The van der Waals surface area contributed by atoms with E-state index in [9.17, 15) is 19.1 Å². The van der Waals surface area contributed by atoms with Crippen molar-refractivity contribution in [3.63, 3.8) is 0 Å². The van der Waals surface area contributed by atoms with E-state index in [0.29, 0.717) is 32.3 Å². The number of fused-ring (bicyclic) bond motifs is 2. The van der Waals surface area contributed by atoms with Crippen molar-refractivity contribution in [2.24, 2.45) is 0 Å². The third kappa shape index (κ3) is 5.33. The van der Waals surface area contributed by atoms with Gasteiger partial charge in [0.05, 0.1) is 18.2 Å². The summed E-state index contributed by atoms with van der Waals surface area (Å²) < 4.78 is 29.3. The van der Waals surface area contributed by atoms with Gasteiger partial charge in [-0.25, -0.2) is 9.59 Å². The number of rotatable bonds is 7. The van der Waals surface area contributed by atoms with Crippen LogP contribution in [-0.2, 0) is 16.0 Å². The summed E-state index contributed by atoms with van der Waals surface area (Å²) in [5.74, 6) is -1.62. The highest BCUT2D eigenvalue weighted by Gasteiger charge is 2.47. The summed E-state index contributed by atoms with van der Waals surface area (Å²) in [4.78, 5) is 26.7. The van der Waals surface area contributed by atoms with Gasteiger partial charge in [-0.2, -0.15) is 4.39 Å². The topological polar surface area (TPSA) is 102 Å². The fraction of sp³-hybridized carbons (Fsp3) is 0.500. The fourth-order valence-electron chi connectivity index (χ4n) is 4.80. The Morgan fingerprint density at radius 1 is 1.23 bits per heavy atom. The maximum atomic E-state index is 13.7. The molecule has 9 heteroatoms. The molecule has 2 aromatic rings. The van der Waals surface area contributed by atoms with Gasteiger partial charge in [-0.05, 0) is 81.7 Å². The Hall–Kier alpha value is -3.36. The molecule has 4 rings (SSSR count). The van der Waals surface area contributed by atoms with Gasteiger partial charge in [0.25, 0.3) is 5.88 Å². The Morgan fingerprint density at radius 2 is 1.94 bits per heavy atom. The van der Waals surface area contributed by atoms with Gasteiger partial charge in [-0.3, -0.25) is 4.90 Å². The maximum absolute atomic E-state index is 13.7. The third-order valence-corrected chi connectivity index (χ3v) is 6.35. The lowest BCUT2D eigenvalue weighted by atomic mass is 9.88. The van der Waals surface area contributed by atoms with Crippen LogP contribution in [0.3, 0.4) is 0 Å².